The zero-order chi connectivity index (χ0) is 54.7. The molecule has 1 fully saturated rings. The van der Waals surface area contributed by atoms with Crippen LogP contribution in [0.4, 0.5) is 0 Å². The first-order chi connectivity index (χ1) is 36.6. The second-order valence-electron chi connectivity index (χ2n) is 19.2. The van der Waals surface area contributed by atoms with E-state index >= 15 is 0 Å². The van der Waals surface area contributed by atoms with E-state index in [2.05, 4.69) is 130 Å². The van der Waals surface area contributed by atoms with Crippen LogP contribution in [0.1, 0.15) is 213 Å². The van der Waals surface area contributed by atoms with E-state index in [9.17, 15) is 34.5 Å². The minimum Gasteiger partial charge on any atom is -0.479 e. The van der Waals surface area contributed by atoms with Gasteiger partial charge >= 0.3 is 23.9 Å². The molecule has 0 aromatic heterocycles. The SMILES string of the molecule is CC/C=C\C/C=C\C/C=C\C/C=C\CCCCC(=O)OCC(COC1OC(C(=O)O)C(O)C(O)C1OC(=O)CCCCCCC/C=C\C/C=C\C/C=C\CC)OC(=O)CCCCCCC/C=C\C/C=C\CCCCC. The number of unbranched alkanes of at least 4 members (excludes halogenated alkanes) is 15. The summed E-state index contributed by atoms with van der Waals surface area (Å²) in [5.41, 5.74) is 0. The lowest BCUT2D eigenvalue weighted by molar-refractivity contribution is -0.301. The molecule has 424 valence electrons. The Labute approximate surface area is 453 Å². The zero-order valence-electron chi connectivity index (χ0n) is 46.5. The molecule has 1 saturated heterocycles. The van der Waals surface area contributed by atoms with Crippen LogP contribution in [0, 0.1) is 0 Å². The van der Waals surface area contributed by atoms with E-state index in [0.29, 0.717) is 19.3 Å². The molecule has 0 spiro atoms. The average molecular weight is 1050 g/mol. The van der Waals surface area contributed by atoms with Gasteiger partial charge in [0.1, 0.15) is 18.8 Å². The molecule has 0 bridgehead atoms. The predicted molar refractivity (Wildman–Crippen MR) is 303 cm³/mol. The summed E-state index contributed by atoms with van der Waals surface area (Å²) < 4.78 is 28.3. The highest BCUT2D eigenvalue weighted by molar-refractivity contribution is 5.74. The van der Waals surface area contributed by atoms with Crippen molar-refractivity contribution in [1.29, 1.82) is 0 Å². The number of carbonyl (C=O) groups excluding carboxylic acids is 3. The third-order valence-corrected chi connectivity index (χ3v) is 12.3. The first-order valence-corrected chi connectivity index (χ1v) is 28.9. The van der Waals surface area contributed by atoms with E-state index < -0.39 is 67.3 Å². The first kappa shape index (κ1) is 68.4. The molecule has 0 aromatic rings. The minimum atomic E-state index is -1.92. The van der Waals surface area contributed by atoms with Crippen LogP contribution in [0.5, 0.6) is 0 Å². The van der Waals surface area contributed by atoms with Gasteiger partial charge in [0.25, 0.3) is 0 Å². The minimum absolute atomic E-state index is 0.0296. The summed E-state index contributed by atoms with van der Waals surface area (Å²) in [6, 6.07) is 0. The predicted octanol–water partition coefficient (Wildman–Crippen LogP) is 14.7. The van der Waals surface area contributed by atoms with Crippen LogP contribution in [-0.4, -0.2) is 89.2 Å². The van der Waals surface area contributed by atoms with Crippen molar-refractivity contribution >= 4 is 23.9 Å². The maximum absolute atomic E-state index is 13.1. The molecule has 0 amide bonds. The Morgan fingerprint density at radius 3 is 1.31 bits per heavy atom. The number of hydrogen-bond acceptors (Lipinski definition) is 11. The highest BCUT2D eigenvalue weighted by Gasteiger charge is 2.50. The molecule has 1 rings (SSSR count). The maximum Gasteiger partial charge on any atom is 0.335 e. The Bertz CT molecular complexity index is 1720. The number of carboxylic acids is 1. The Balaban J connectivity index is 2.76. The van der Waals surface area contributed by atoms with Crippen molar-refractivity contribution < 1.29 is 58.2 Å². The van der Waals surface area contributed by atoms with E-state index in [1.54, 1.807) is 0 Å². The molecular formula is C63H100O12. The van der Waals surface area contributed by atoms with Crippen molar-refractivity contribution in [3.8, 4) is 0 Å². The lowest BCUT2D eigenvalue weighted by Crippen LogP contribution is -2.61. The van der Waals surface area contributed by atoms with E-state index in [1.807, 2.05) is 0 Å². The molecule has 3 N–H and O–H groups in total. The first-order valence-electron chi connectivity index (χ1n) is 28.9. The van der Waals surface area contributed by atoms with Gasteiger partial charge in [-0.2, -0.15) is 0 Å². The third-order valence-electron chi connectivity index (χ3n) is 12.3. The van der Waals surface area contributed by atoms with E-state index in [4.69, 9.17) is 23.7 Å². The fourth-order valence-electron chi connectivity index (χ4n) is 7.93. The van der Waals surface area contributed by atoms with Crippen LogP contribution in [0.15, 0.2) is 109 Å². The number of aliphatic hydroxyl groups excluding tert-OH is 2. The Kier molecular flexibility index (Phi) is 45.8. The Morgan fingerprint density at radius 1 is 0.453 bits per heavy atom. The molecule has 0 saturated carbocycles. The number of aliphatic carboxylic acids is 1. The summed E-state index contributed by atoms with van der Waals surface area (Å²) in [4.78, 5) is 51.1. The highest BCUT2D eigenvalue weighted by atomic mass is 16.7. The Morgan fingerprint density at radius 2 is 0.840 bits per heavy atom. The summed E-state index contributed by atoms with van der Waals surface area (Å²) in [5, 5.41) is 31.5. The normalized spacial score (nSPS) is 19.0. The number of carbonyl (C=O) groups is 4. The number of ether oxygens (including phenoxy) is 5. The molecule has 0 radical (unpaired) electrons. The van der Waals surface area contributed by atoms with Crippen molar-refractivity contribution in [2.24, 2.45) is 0 Å². The Hall–Kier alpha value is -4.62. The molecule has 12 heteroatoms. The van der Waals surface area contributed by atoms with Crippen molar-refractivity contribution in [2.75, 3.05) is 13.2 Å². The van der Waals surface area contributed by atoms with Crippen molar-refractivity contribution in [3.05, 3.63) is 109 Å². The summed E-state index contributed by atoms with van der Waals surface area (Å²) in [6.45, 7) is 5.67. The molecule has 1 aliphatic heterocycles. The van der Waals surface area contributed by atoms with Gasteiger partial charge in [-0.05, 0) is 122 Å². The summed E-state index contributed by atoms with van der Waals surface area (Å²) in [6.07, 6.45) is 54.9. The summed E-state index contributed by atoms with van der Waals surface area (Å²) in [5.74, 6) is -3.23. The number of allylic oxidation sites excluding steroid dienone is 18. The van der Waals surface area contributed by atoms with E-state index in [1.165, 1.54) is 19.3 Å². The molecule has 6 unspecified atom stereocenters. The van der Waals surface area contributed by atoms with Gasteiger partial charge in [0.15, 0.2) is 24.6 Å². The lowest BCUT2D eigenvalue weighted by atomic mass is 9.98. The van der Waals surface area contributed by atoms with E-state index in [0.717, 1.165) is 135 Å². The molecule has 12 nitrogen and oxygen atoms in total. The molecule has 1 aliphatic rings. The van der Waals surface area contributed by atoms with Crippen molar-refractivity contribution in [1.82, 2.24) is 0 Å². The van der Waals surface area contributed by atoms with Gasteiger partial charge in [0.2, 0.25) is 0 Å². The van der Waals surface area contributed by atoms with Gasteiger partial charge in [0.05, 0.1) is 6.61 Å². The standard InChI is InChI=1S/C63H100O12/c1-4-7-10-13-16-19-22-25-28-31-34-37-40-43-46-49-55(64)71-52-54(73-56(65)50-47-44-41-38-35-32-29-26-23-20-17-14-11-8-5-2)53-72-63-61(59(68)58(67)60(75-63)62(69)70)74-57(66)51-48-45-42-39-36-33-30-27-24-21-18-15-12-9-6-3/h7,9-10,12,16-21,25-30,34,37,54,58-61,63,67-68H,4-6,8,11,13-15,22-24,31-33,35-36,38-53H2,1-3H3,(H,69,70)/b10-7-,12-9-,19-16-,20-17-,21-18-,28-25-,29-26-,30-27-,37-34-. The molecule has 6 atom stereocenters. The van der Waals surface area contributed by atoms with Gasteiger partial charge in [0, 0.05) is 19.3 Å². The molecule has 0 aromatic carbocycles. The highest BCUT2D eigenvalue weighted by Crippen LogP contribution is 2.26. The van der Waals surface area contributed by atoms with Gasteiger partial charge in [-0.3, -0.25) is 14.4 Å². The number of carboxylic acid groups (broad SMARTS) is 1. The maximum atomic E-state index is 13.1. The monoisotopic (exact) mass is 1050 g/mol. The third kappa shape index (κ3) is 40.3. The topological polar surface area (TPSA) is 175 Å². The summed E-state index contributed by atoms with van der Waals surface area (Å²) >= 11 is 0. The fourth-order valence-corrected chi connectivity index (χ4v) is 7.93. The van der Waals surface area contributed by atoms with Gasteiger partial charge in [-0.1, -0.05) is 182 Å². The largest absolute Gasteiger partial charge is 0.479 e. The molecule has 75 heavy (non-hydrogen) atoms. The van der Waals surface area contributed by atoms with Crippen LogP contribution >= 0.6 is 0 Å². The molecule has 1 heterocycles. The van der Waals surface area contributed by atoms with Crippen LogP contribution in [0.25, 0.3) is 0 Å². The van der Waals surface area contributed by atoms with Gasteiger partial charge in [-0.15, -0.1) is 0 Å². The second kappa shape index (κ2) is 50.2. The van der Waals surface area contributed by atoms with Crippen LogP contribution in [-0.2, 0) is 42.9 Å². The van der Waals surface area contributed by atoms with Crippen molar-refractivity contribution in [3.63, 3.8) is 0 Å². The van der Waals surface area contributed by atoms with Gasteiger partial charge < -0.3 is 39.0 Å². The number of aliphatic hydroxyl groups is 2. The lowest BCUT2D eigenvalue weighted by Gasteiger charge is -2.40. The quantitative estimate of drug-likeness (QED) is 0.0228. The smallest absolute Gasteiger partial charge is 0.335 e. The van der Waals surface area contributed by atoms with Crippen LogP contribution < -0.4 is 0 Å². The number of esters is 3. The number of rotatable bonds is 47. The van der Waals surface area contributed by atoms with Crippen LogP contribution in [0.2, 0.25) is 0 Å². The van der Waals surface area contributed by atoms with Crippen molar-refractivity contribution in [2.45, 2.75) is 250 Å². The van der Waals surface area contributed by atoms with Crippen LogP contribution in [0.3, 0.4) is 0 Å². The second-order valence-corrected chi connectivity index (χ2v) is 19.2. The van der Waals surface area contributed by atoms with Gasteiger partial charge in [-0.25, -0.2) is 4.79 Å². The number of hydrogen-bond donors (Lipinski definition) is 3. The summed E-state index contributed by atoms with van der Waals surface area (Å²) in [7, 11) is 0. The fraction of sp³-hybridized carbons (Fsp3) is 0.651. The zero-order valence-corrected chi connectivity index (χ0v) is 46.5. The van der Waals surface area contributed by atoms with E-state index in [-0.39, 0.29) is 25.9 Å². The molecular weight excluding hydrogens is 949 g/mol. The molecule has 0 aliphatic carbocycles. The average Bonchev–Trinajstić information content (AvgIpc) is 3.39.